The molecule has 37 heavy (non-hydrogen) atoms. The first-order valence-electron chi connectivity index (χ1n) is 12.9. The van der Waals surface area contributed by atoms with E-state index in [4.69, 9.17) is 0 Å². The number of fused-ring (bicyclic) bond motifs is 1. The van der Waals surface area contributed by atoms with Gasteiger partial charge >= 0.3 is 12.3 Å². The van der Waals surface area contributed by atoms with Crippen LogP contribution >= 0.6 is 0 Å². The predicted octanol–water partition coefficient (Wildman–Crippen LogP) is 5.61. The molecule has 2 fully saturated rings. The number of hydrogen-bond acceptors (Lipinski definition) is 3. The topological polar surface area (TPSA) is 72.9 Å². The fourth-order valence-corrected chi connectivity index (χ4v) is 5.81. The van der Waals surface area contributed by atoms with Crippen LogP contribution in [0.4, 0.5) is 22.4 Å². The molecule has 2 aliphatic rings. The molecule has 0 radical (unpaired) electrons. The summed E-state index contributed by atoms with van der Waals surface area (Å²) in [4.78, 5) is 28.6. The van der Waals surface area contributed by atoms with Gasteiger partial charge in [-0.2, -0.15) is 13.2 Å². The minimum Gasteiger partial charge on any atom is -0.465 e. The van der Waals surface area contributed by atoms with Crippen molar-refractivity contribution in [3.63, 3.8) is 0 Å². The van der Waals surface area contributed by atoms with Crippen LogP contribution < -0.4 is 5.32 Å². The van der Waals surface area contributed by atoms with E-state index in [9.17, 15) is 32.3 Å². The second-order valence-corrected chi connectivity index (χ2v) is 12.0. The Labute approximate surface area is 216 Å². The maximum atomic E-state index is 13.7. The van der Waals surface area contributed by atoms with Crippen molar-refractivity contribution in [3.05, 3.63) is 35.1 Å². The quantitative estimate of drug-likeness (QED) is 0.430. The largest absolute Gasteiger partial charge is 0.465 e. The highest BCUT2D eigenvalue weighted by Crippen LogP contribution is 2.39. The third-order valence-electron chi connectivity index (χ3n) is 7.57. The first-order chi connectivity index (χ1) is 17.1. The number of halogens is 4. The molecule has 10 heteroatoms. The fourth-order valence-electron chi connectivity index (χ4n) is 5.81. The number of carbonyl (C=O) groups is 2. The van der Waals surface area contributed by atoms with Crippen molar-refractivity contribution in [1.29, 1.82) is 0 Å². The number of rotatable bonds is 8. The predicted molar refractivity (Wildman–Crippen MR) is 132 cm³/mol. The maximum absolute atomic E-state index is 13.7. The van der Waals surface area contributed by atoms with Gasteiger partial charge in [-0.05, 0) is 75.5 Å². The molecule has 0 spiro atoms. The average Bonchev–Trinajstić information content (AvgIpc) is 3.31. The number of carbonyl (C=O) groups excluding carboxylic acids is 1. The molecule has 2 N–H and O–H groups in total. The number of benzene rings is 1. The Kier molecular flexibility index (Phi) is 8.82. The van der Waals surface area contributed by atoms with Crippen LogP contribution in [0.15, 0.2) is 18.2 Å². The van der Waals surface area contributed by atoms with E-state index < -0.39 is 35.1 Å². The monoisotopic (exact) mass is 529 g/mol. The summed E-state index contributed by atoms with van der Waals surface area (Å²) in [6.45, 7) is 11.2. The lowest BCUT2D eigenvalue weighted by Gasteiger charge is -2.36. The van der Waals surface area contributed by atoms with Crippen LogP contribution in [0, 0.1) is 29.5 Å². The van der Waals surface area contributed by atoms with Gasteiger partial charge in [0.2, 0.25) is 5.91 Å². The summed E-state index contributed by atoms with van der Waals surface area (Å²) >= 11 is 0. The van der Waals surface area contributed by atoms with Crippen LogP contribution in [0.1, 0.15) is 65.0 Å². The van der Waals surface area contributed by atoms with Crippen LogP contribution in [-0.2, 0) is 17.5 Å². The molecule has 6 nitrogen and oxygen atoms in total. The lowest BCUT2D eigenvalue weighted by Crippen LogP contribution is -2.51. The van der Waals surface area contributed by atoms with Crippen molar-refractivity contribution in [2.24, 2.45) is 23.7 Å². The van der Waals surface area contributed by atoms with E-state index in [0.717, 1.165) is 25.0 Å². The minimum atomic E-state index is -4.74. The molecule has 2 amide bonds. The molecule has 0 aromatic heterocycles. The summed E-state index contributed by atoms with van der Waals surface area (Å²) < 4.78 is 53.0. The number of amides is 2. The highest BCUT2D eigenvalue weighted by Gasteiger charge is 2.44. The fraction of sp³-hybridized carbons (Fsp3) is 0.704. The number of nitrogens with zero attached hydrogens (tertiary/aromatic N) is 2. The Balaban J connectivity index is 1.65. The van der Waals surface area contributed by atoms with Crippen molar-refractivity contribution in [2.75, 3.05) is 19.6 Å². The summed E-state index contributed by atoms with van der Waals surface area (Å²) in [7, 11) is 0. The Bertz CT molecular complexity index is 977. The van der Waals surface area contributed by atoms with E-state index in [-0.39, 0.29) is 36.9 Å². The lowest BCUT2D eigenvalue weighted by molar-refractivity contribution is -0.140. The van der Waals surface area contributed by atoms with E-state index >= 15 is 0 Å². The third-order valence-corrected chi connectivity index (χ3v) is 7.57. The van der Waals surface area contributed by atoms with Crippen molar-refractivity contribution < 1.29 is 32.3 Å². The normalized spacial score (nSPS) is 23.2. The molecule has 0 unspecified atom stereocenters. The number of alkyl halides is 3. The zero-order valence-electron chi connectivity index (χ0n) is 22.2. The summed E-state index contributed by atoms with van der Waals surface area (Å²) in [5, 5.41) is 12.9. The summed E-state index contributed by atoms with van der Waals surface area (Å²) in [6.07, 6.45) is -3.52. The van der Waals surface area contributed by atoms with Gasteiger partial charge in [-0.3, -0.25) is 9.69 Å². The zero-order valence-corrected chi connectivity index (χ0v) is 22.2. The molecular weight excluding hydrogens is 490 g/mol. The highest BCUT2D eigenvalue weighted by molar-refractivity contribution is 5.80. The van der Waals surface area contributed by atoms with Gasteiger partial charge in [0, 0.05) is 37.8 Å². The van der Waals surface area contributed by atoms with Gasteiger partial charge in [0.05, 0.1) is 11.5 Å². The molecular formula is C27H39F4N3O3. The van der Waals surface area contributed by atoms with Crippen LogP contribution in [0.25, 0.3) is 0 Å². The minimum absolute atomic E-state index is 0.0657. The lowest BCUT2D eigenvalue weighted by atomic mass is 9.92. The number of nitrogens with one attached hydrogen (secondary N) is 1. The Morgan fingerprint density at radius 2 is 1.84 bits per heavy atom. The van der Waals surface area contributed by atoms with E-state index in [1.165, 1.54) is 11.0 Å². The number of hydrogen-bond donors (Lipinski definition) is 2. The van der Waals surface area contributed by atoms with Crippen molar-refractivity contribution in [3.8, 4) is 0 Å². The number of carboxylic acid groups (broad SMARTS) is 1. The van der Waals surface area contributed by atoms with E-state index in [0.29, 0.717) is 31.0 Å². The average molecular weight is 530 g/mol. The molecule has 1 aromatic carbocycles. The summed E-state index contributed by atoms with van der Waals surface area (Å²) in [6, 6.07) is 3.06. The van der Waals surface area contributed by atoms with Crippen LogP contribution in [0.5, 0.6) is 0 Å². The maximum Gasteiger partial charge on any atom is 0.419 e. The van der Waals surface area contributed by atoms with Crippen molar-refractivity contribution >= 4 is 12.0 Å². The molecule has 1 saturated carbocycles. The molecule has 0 bridgehead atoms. The van der Waals surface area contributed by atoms with Crippen LogP contribution in [0.2, 0.25) is 0 Å². The van der Waals surface area contributed by atoms with Crippen molar-refractivity contribution in [1.82, 2.24) is 15.1 Å². The molecule has 1 aliphatic carbocycles. The Morgan fingerprint density at radius 1 is 1.16 bits per heavy atom. The number of likely N-dealkylation sites (tertiary alicyclic amines) is 1. The van der Waals surface area contributed by atoms with Crippen molar-refractivity contribution in [2.45, 2.75) is 78.2 Å². The van der Waals surface area contributed by atoms with Gasteiger partial charge < -0.3 is 15.3 Å². The van der Waals surface area contributed by atoms with E-state index in [2.05, 4.69) is 10.2 Å². The standard InChI is InChI=1S/C27H39F4N3O3/c1-16(2)10-19(14-34(25(36)37)26(3,4)5)24(35)32-23-9-7-18-13-33(15-20(18)23)12-17-6-8-22(28)21(11-17)27(29,30)31/h6,8,11,16,18-20,23H,7,9-10,12-15H2,1-5H3,(H,32,35)(H,36,37)/t18-,19-,20+,23+/m0/s1. The highest BCUT2D eigenvalue weighted by atomic mass is 19.4. The summed E-state index contributed by atoms with van der Waals surface area (Å²) in [5.74, 6) is -1.21. The molecule has 1 saturated heterocycles. The van der Waals surface area contributed by atoms with Gasteiger partial charge in [-0.1, -0.05) is 19.9 Å². The first kappa shape index (κ1) is 29.2. The van der Waals surface area contributed by atoms with Gasteiger partial charge in [0.1, 0.15) is 5.82 Å². The molecule has 3 rings (SSSR count). The molecule has 4 atom stereocenters. The Hall–Kier alpha value is -2.36. The van der Waals surface area contributed by atoms with Gasteiger partial charge in [-0.15, -0.1) is 0 Å². The van der Waals surface area contributed by atoms with Gasteiger partial charge in [0.25, 0.3) is 0 Å². The second-order valence-electron chi connectivity index (χ2n) is 12.0. The molecule has 1 aliphatic heterocycles. The second kappa shape index (κ2) is 11.2. The summed E-state index contributed by atoms with van der Waals surface area (Å²) in [5.41, 5.74) is -1.49. The SMILES string of the molecule is CC(C)C[C@@H](CN(C(=O)O)C(C)(C)C)C(=O)N[C@@H]1CC[C@H]2CN(Cc3ccc(F)c(C(F)(F)F)c3)C[C@H]21. The van der Waals surface area contributed by atoms with E-state index in [1.807, 2.05) is 13.8 Å². The van der Waals surface area contributed by atoms with E-state index in [1.54, 1.807) is 20.8 Å². The van der Waals surface area contributed by atoms with Crippen LogP contribution in [0.3, 0.4) is 0 Å². The molecule has 1 aromatic rings. The zero-order chi connectivity index (χ0) is 27.7. The smallest absolute Gasteiger partial charge is 0.419 e. The first-order valence-corrected chi connectivity index (χ1v) is 12.9. The molecule has 208 valence electrons. The van der Waals surface area contributed by atoms with Gasteiger partial charge in [-0.25, -0.2) is 9.18 Å². The van der Waals surface area contributed by atoms with Crippen LogP contribution in [-0.4, -0.2) is 58.1 Å². The van der Waals surface area contributed by atoms with Gasteiger partial charge in [0.15, 0.2) is 0 Å². The third kappa shape index (κ3) is 7.36. The molecule has 1 heterocycles. The Morgan fingerprint density at radius 3 is 2.41 bits per heavy atom.